The van der Waals surface area contributed by atoms with Crippen molar-refractivity contribution in [3.05, 3.63) is 48.0 Å². The Labute approximate surface area is 249 Å². The van der Waals surface area contributed by atoms with Crippen LogP contribution in [0.2, 0.25) is 0 Å². The highest BCUT2D eigenvalue weighted by molar-refractivity contribution is 7.98. The van der Waals surface area contributed by atoms with E-state index in [0.29, 0.717) is 23.8 Å². The Morgan fingerprint density at radius 1 is 1.05 bits per heavy atom. The van der Waals surface area contributed by atoms with Gasteiger partial charge in [0.25, 0.3) is 5.91 Å². The number of carbonyl (C=O) groups excluding carboxylic acids is 2. The van der Waals surface area contributed by atoms with Crippen LogP contribution < -0.4 is 4.90 Å². The summed E-state index contributed by atoms with van der Waals surface area (Å²) in [6.45, 7) is 3.95. The van der Waals surface area contributed by atoms with Crippen molar-refractivity contribution in [2.75, 3.05) is 71.1 Å². The fraction of sp³-hybridized carbons (Fsp3) is 0.423. The van der Waals surface area contributed by atoms with Gasteiger partial charge in [0.2, 0.25) is 10.0 Å². The number of anilines is 1. The van der Waals surface area contributed by atoms with Gasteiger partial charge in [0, 0.05) is 49.7 Å². The summed E-state index contributed by atoms with van der Waals surface area (Å²) in [6.07, 6.45) is 1.58. The van der Waals surface area contributed by atoms with Gasteiger partial charge in [-0.25, -0.2) is 18.2 Å². The average Bonchev–Trinajstić information content (AvgIpc) is 3.36. The summed E-state index contributed by atoms with van der Waals surface area (Å²) < 4.78 is 33.8. The number of carbonyl (C=O) groups is 2. The Bertz CT molecular complexity index is 1420. The molecule has 4 rings (SSSR count). The zero-order chi connectivity index (χ0) is 28.2. The first-order valence-electron chi connectivity index (χ1n) is 12.6. The van der Waals surface area contributed by atoms with Crippen molar-refractivity contribution in [2.24, 2.45) is 0 Å². The predicted molar refractivity (Wildman–Crippen MR) is 163 cm³/mol. The SMILES string of the molecule is CCOC(=O)N1CCN(S(=O)(=O)c2ccc(C(=O)N(CCN(C)C)c3nc4ccc(SC)cc4s3)cc2)CC1.Cl. The Hall–Kier alpha value is -2.42. The zero-order valence-corrected chi connectivity index (χ0v) is 26.2. The van der Waals surface area contributed by atoms with Crippen LogP contribution in [0.5, 0.6) is 0 Å². The Kier molecular flexibility index (Phi) is 11.2. The van der Waals surface area contributed by atoms with Crippen LogP contribution in [0.3, 0.4) is 0 Å². The maximum Gasteiger partial charge on any atom is 0.409 e. The summed E-state index contributed by atoms with van der Waals surface area (Å²) in [5.74, 6) is -0.243. The molecule has 40 heavy (non-hydrogen) atoms. The van der Waals surface area contributed by atoms with Crippen LogP contribution >= 0.6 is 35.5 Å². The largest absolute Gasteiger partial charge is 0.450 e. The number of amides is 2. The molecule has 1 aromatic heterocycles. The third-order valence-electron chi connectivity index (χ3n) is 6.33. The highest BCUT2D eigenvalue weighted by Crippen LogP contribution is 2.32. The number of piperazine rings is 1. The minimum absolute atomic E-state index is 0. The van der Waals surface area contributed by atoms with Gasteiger partial charge in [-0.05, 0) is 69.7 Å². The molecule has 3 aromatic rings. The fourth-order valence-electron chi connectivity index (χ4n) is 4.12. The smallest absolute Gasteiger partial charge is 0.409 e. The summed E-state index contributed by atoms with van der Waals surface area (Å²) >= 11 is 3.12. The van der Waals surface area contributed by atoms with E-state index >= 15 is 0 Å². The molecule has 2 amide bonds. The Morgan fingerprint density at radius 3 is 2.33 bits per heavy atom. The summed E-state index contributed by atoms with van der Waals surface area (Å²) in [5.41, 5.74) is 1.21. The molecule has 10 nitrogen and oxygen atoms in total. The van der Waals surface area contributed by atoms with E-state index in [-0.39, 0.29) is 56.0 Å². The quantitative estimate of drug-likeness (QED) is 0.327. The first-order valence-corrected chi connectivity index (χ1v) is 16.0. The van der Waals surface area contributed by atoms with E-state index in [2.05, 4.69) is 6.07 Å². The molecular weight excluding hydrogens is 594 g/mol. The molecule has 1 aliphatic rings. The van der Waals surface area contributed by atoms with E-state index in [1.54, 1.807) is 35.7 Å². The van der Waals surface area contributed by atoms with Crippen molar-refractivity contribution >= 4 is 72.9 Å². The van der Waals surface area contributed by atoms with E-state index in [9.17, 15) is 18.0 Å². The molecule has 0 bridgehead atoms. The summed E-state index contributed by atoms with van der Waals surface area (Å²) in [4.78, 5) is 36.7. The molecule has 218 valence electrons. The van der Waals surface area contributed by atoms with Crippen molar-refractivity contribution in [1.82, 2.24) is 19.1 Å². The number of rotatable bonds is 9. The first-order chi connectivity index (χ1) is 18.6. The molecule has 0 spiro atoms. The molecule has 1 aliphatic heterocycles. The van der Waals surface area contributed by atoms with Crippen molar-refractivity contribution in [1.29, 1.82) is 0 Å². The lowest BCUT2D eigenvalue weighted by atomic mass is 10.2. The number of halogens is 1. The predicted octanol–water partition coefficient (Wildman–Crippen LogP) is 4.11. The molecule has 2 aromatic carbocycles. The van der Waals surface area contributed by atoms with E-state index in [1.807, 2.05) is 37.4 Å². The van der Waals surface area contributed by atoms with Crippen molar-refractivity contribution in [3.63, 3.8) is 0 Å². The molecular formula is C26H34ClN5O5S3. The van der Waals surface area contributed by atoms with Gasteiger partial charge in [0.1, 0.15) is 0 Å². The number of ether oxygens (including phenoxy) is 1. The van der Waals surface area contributed by atoms with Crippen LogP contribution in [-0.2, 0) is 14.8 Å². The number of aromatic nitrogens is 1. The van der Waals surface area contributed by atoms with Crippen LogP contribution in [0, 0.1) is 0 Å². The van der Waals surface area contributed by atoms with Gasteiger partial charge in [-0.2, -0.15) is 4.31 Å². The van der Waals surface area contributed by atoms with Gasteiger partial charge in [-0.15, -0.1) is 24.2 Å². The van der Waals surface area contributed by atoms with Crippen LogP contribution in [0.4, 0.5) is 9.93 Å². The third-order valence-corrected chi connectivity index (χ3v) is 10.0. The van der Waals surface area contributed by atoms with Gasteiger partial charge in [0.05, 0.1) is 21.7 Å². The fourth-order valence-corrected chi connectivity index (χ4v) is 7.09. The van der Waals surface area contributed by atoms with Gasteiger partial charge >= 0.3 is 6.09 Å². The number of thiazole rings is 1. The standard InChI is InChI=1S/C26H33N5O5S3.ClH/c1-5-36-26(33)29-13-15-30(16-14-29)39(34,35)21-9-6-19(7-10-21)24(32)31(17-12-28(2)3)25-27-22-11-8-20(37-4)18-23(22)38-25;/h6-11,18H,5,12-17H2,1-4H3;1H. The van der Waals surface area contributed by atoms with E-state index in [0.717, 1.165) is 15.1 Å². The van der Waals surface area contributed by atoms with Gasteiger partial charge in [0.15, 0.2) is 5.13 Å². The molecule has 1 fully saturated rings. The van der Waals surface area contributed by atoms with Gasteiger partial charge in [-0.1, -0.05) is 11.3 Å². The Balaban J connectivity index is 0.00000441. The second kappa shape index (κ2) is 14.0. The molecule has 1 saturated heterocycles. The van der Waals surface area contributed by atoms with Crippen molar-refractivity contribution < 1.29 is 22.7 Å². The van der Waals surface area contributed by atoms with Crippen molar-refractivity contribution in [2.45, 2.75) is 16.7 Å². The van der Waals surface area contributed by atoms with E-state index in [4.69, 9.17) is 9.72 Å². The monoisotopic (exact) mass is 627 g/mol. The van der Waals surface area contributed by atoms with Crippen LogP contribution in [0.15, 0.2) is 52.3 Å². The van der Waals surface area contributed by atoms with Crippen LogP contribution in [0.25, 0.3) is 10.2 Å². The number of fused-ring (bicyclic) bond motifs is 1. The van der Waals surface area contributed by atoms with Gasteiger partial charge in [-0.3, -0.25) is 9.69 Å². The Morgan fingerprint density at radius 2 is 1.73 bits per heavy atom. The number of likely N-dealkylation sites (N-methyl/N-ethyl adjacent to an activating group) is 1. The number of thioether (sulfide) groups is 1. The summed E-state index contributed by atoms with van der Waals surface area (Å²) in [6, 6.07) is 12.1. The molecule has 0 aliphatic carbocycles. The number of sulfonamides is 1. The first kappa shape index (κ1) is 32.1. The minimum Gasteiger partial charge on any atom is -0.450 e. The maximum atomic E-state index is 13.6. The number of hydrogen-bond acceptors (Lipinski definition) is 9. The molecule has 0 saturated carbocycles. The maximum absolute atomic E-state index is 13.6. The molecule has 0 unspecified atom stereocenters. The molecule has 14 heteroatoms. The highest BCUT2D eigenvalue weighted by atomic mass is 35.5. The average molecular weight is 628 g/mol. The molecule has 0 radical (unpaired) electrons. The number of hydrogen-bond donors (Lipinski definition) is 0. The summed E-state index contributed by atoms with van der Waals surface area (Å²) in [5, 5.41) is 0.603. The lowest BCUT2D eigenvalue weighted by molar-refractivity contribution is 0.0933. The summed E-state index contributed by atoms with van der Waals surface area (Å²) in [7, 11) is 0.112. The normalized spacial score (nSPS) is 14.3. The molecule has 0 N–H and O–H groups in total. The van der Waals surface area contributed by atoms with E-state index < -0.39 is 16.1 Å². The lowest BCUT2D eigenvalue weighted by Gasteiger charge is -2.33. The second-order valence-electron chi connectivity index (χ2n) is 9.20. The van der Waals surface area contributed by atoms with Gasteiger partial charge < -0.3 is 14.5 Å². The lowest BCUT2D eigenvalue weighted by Crippen LogP contribution is -2.50. The zero-order valence-electron chi connectivity index (χ0n) is 22.9. The topological polar surface area (TPSA) is 103 Å². The minimum atomic E-state index is -3.77. The molecule has 0 atom stereocenters. The van der Waals surface area contributed by atoms with E-state index in [1.165, 1.54) is 32.7 Å². The van der Waals surface area contributed by atoms with Crippen LogP contribution in [-0.4, -0.2) is 106 Å². The molecule has 2 heterocycles. The number of benzene rings is 2. The number of nitrogens with zero attached hydrogens (tertiary/aromatic N) is 5. The highest BCUT2D eigenvalue weighted by Gasteiger charge is 2.31. The third kappa shape index (κ3) is 7.25. The van der Waals surface area contributed by atoms with Crippen LogP contribution in [0.1, 0.15) is 17.3 Å². The van der Waals surface area contributed by atoms with Crippen molar-refractivity contribution in [3.8, 4) is 0 Å². The second-order valence-corrected chi connectivity index (χ2v) is 13.0.